The van der Waals surface area contributed by atoms with Gasteiger partial charge in [0.05, 0.1) is 6.42 Å². The lowest BCUT2D eigenvalue weighted by Crippen LogP contribution is -2.42. The van der Waals surface area contributed by atoms with Crippen LogP contribution in [0.1, 0.15) is 32.6 Å². The van der Waals surface area contributed by atoms with Crippen LogP contribution in [-0.4, -0.2) is 16.0 Å². The summed E-state index contributed by atoms with van der Waals surface area (Å²) in [6, 6.07) is 0. The topological polar surface area (TPSA) is 26.3 Å². The van der Waals surface area contributed by atoms with Crippen LogP contribution in [0.2, 0.25) is 0 Å². The molecule has 0 bridgehead atoms. The van der Waals surface area contributed by atoms with Gasteiger partial charge in [0.15, 0.2) is 0 Å². The molecule has 0 aromatic carbocycles. The maximum atomic E-state index is 11.4. The van der Waals surface area contributed by atoms with Crippen molar-refractivity contribution >= 4 is 28.6 Å². The lowest BCUT2D eigenvalue weighted by molar-refractivity contribution is -0.149. The molecule has 3 atom stereocenters. The van der Waals surface area contributed by atoms with Gasteiger partial charge in [-0.25, -0.2) is 0 Å². The third-order valence-electron chi connectivity index (χ3n) is 3.88. The second kappa shape index (κ2) is 4.07. The van der Waals surface area contributed by atoms with Crippen LogP contribution in [-0.2, 0) is 9.53 Å². The highest BCUT2D eigenvalue weighted by molar-refractivity contribution is 14.1. The Morgan fingerprint density at radius 2 is 2.47 bits per heavy atom. The molecule has 0 aromatic heterocycles. The van der Waals surface area contributed by atoms with Crippen molar-refractivity contribution in [3.63, 3.8) is 0 Å². The van der Waals surface area contributed by atoms with Crippen LogP contribution in [0.3, 0.4) is 0 Å². The van der Waals surface area contributed by atoms with Crippen molar-refractivity contribution in [2.45, 2.75) is 38.2 Å². The van der Waals surface area contributed by atoms with Crippen LogP contribution in [0.25, 0.3) is 0 Å². The Hall–Kier alpha value is -0.0600. The highest BCUT2D eigenvalue weighted by Crippen LogP contribution is 2.48. The Morgan fingerprint density at radius 3 is 3.07 bits per heavy atom. The summed E-state index contributed by atoms with van der Waals surface area (Å²) in [5.74, 6) is 1.02. The first-order valence-electron chi connectivity index (χ1n) is 5.50. The minimum Gasteiger partial charge on any atom is -0.458 e. The Balaban J connectivity index is 2.14. The smallest absolute Gasteiger partial charge is 0.306 e. The van der Waals surface area contributed by atoms with Gasteiger partial charge in [-0.05, 0) is 32.1 Å². The van der Waals surface area contributed by atoms with Crippen LogP contribution < -0.4 is 0 Å². The largest absolute Gasteiger partial charge is 0.458 e. The monoisotopic (exact) mass is 320 g/mol. The quantitative estimate of drug-likeness (QED) is 0.338. The molecule has 1 aliphatic carbocycles. The summed E-state index contributed by atoms with van der Waals surface area (Å²) in [4.78, 5) is 11.4. The van der Waals surface area contributed by atoms with Crippen molar-refractivity contribution in [2.24, 2.45) is 11.8 Å². The number of ether oxygens (including phenoxy) is 1. The van der Waals surface area contributed by atoms with Crippen molar-refractivity contribution < 1.29 is 9.53 Å². The average Bonchev–Trinajstić information content (AvgIpc) is 2.53. The van der Waals surface area contributed by atoms with E-state index in [1.807, 2.05) is 0 Å². The van der Waals surface area contributed by atoms with Gasteiger partial charge in [-0.15, -0.1) is 0 Å². The molecule has 1 aliphatic heterocycles. The van der Waals surface area contributed by atoms with Crippen LogP contribution in [0.15, 0.2) is 12.2 Å². The molecule has 3 heteroatoms. The van der Waals surface area contributed by atoms with Gasteiger partial charge in [0, 0.05) is 10.3 Å². The number of fused-ring (bicyclic) bond motifs is 1. The first-order valence-corrected chi connectivity index (χ1v) is 7.03. The number of alkyl halides is 1. The number of hydrogen-bond donors (Lipinski definition) is 0. The molecule has 2 nitrogen and oxygen atoms in total. The van der Waals surface area contributed by atoms with E-state index < -0.39 is 0 Å². The normalized spacial score (nSPS) is 39.7. The maximum absolute atomic E-state index is 11.4. The molecule has 0 unspecified atom stereocenters. The van der Waals surface area contributed by atoms with Gasteiger partial charge in [-0.1, -0.05) is 34.7 Å². The zero-order chi connectivity index (χ0) is 11.1. The van der Waals surface area contributed by atoms with Gasteiger partial charge in [0.25, 0.3) is 0 Å². The molecule has 0 radical (unpaired) electrons. The lowest BCUT2D eigenvalue weighted by Gasteiger charge is -2.39. The molecule has 84 valence electrons. The molecular formula is C12H17IO2. The van der Waals surface area contributed by atoms with E-state index >= 15 is 0 Å². The van der Waals surface area contributed by atoms with Crippen molar-refractivity contribution in [1.82, 2.24) is 0 Å². The third kappa shape index (κ3) is 1.95. The molecule has 1 saturated carbocycles. The SMILES string of the molecule is C=C(C)[C@H]1CC[C@]2(CI)OC(=O)C[C@@H]2C1. The number of allylic oxidation sites excluding steroid dienone is 1. The summed E-state index contributed by atoms with van der Waals surface area (Å²) in [6.07, 6.45) is 3.85. The fourth-order valence-electron chi connectivity index (χ4n) is 2.82. The molecule has 2 aliphatic rings. The molecular weight excluding hydrogens is 303 g/mol. The second-order valence-corrected chi connectivity index (χ2v) is 5.65. The molecule has 1 heterocycles. The fourth-order valence-corrected chi connectivity index (χ4v) is 3.98. The third-order valence-corrected chi connectivity index (χ3v) is 5.17. The van der Waals surface area contributed by atoms with Crippen LogP contribution in [0.5, 0.6) is 0 Å². The molecule has 1 saturated heterocycles. The highest BCUT2D eigenvalue weighted by atomic mass is 127. The number of carbonyl (C=O) groups is 1. The minimum atomic E-state index is -0.135. The Kier molecular flexibility index (Phi) is 3.10. The van der Waals surface area contributed by atoms with Crippen molar-refractivity contribution in [1.29, 1.82) is 0 Å². The highest BCUT2D eigenvalue weighted by Gasteiger charge is 2.51. The Labute approximate surface area is 105 Å². The summed E-state index contributed by atoms with van der Waals surface area (Å²) in [7, 11) is 0. The van der Waals surface area contributed by atoms with E-state index in [2.05, 4.69) is 36.1 Å². The van der Waals surface area contributed by atoms with Crippen LogP contribution >= 0.6 is 22.6 Å². The van der Waals surface area contributed by atoms with Gasteiger partial charge >= 0.3 is 5.97 Å². The number of halogens is 1. The minimum absolute atomic E-state index is 0.000897. The first-order chi connectivity index (χ1) is 7.07. The molecule has 0 spiro atoms. The average molecular weight is 320 g/mol. The van der Waals surface area contributed by atoms with Gasteiger partial charge in [0.1, 0.15) is 5.60 Å². The zero-order valence-corrected chi connectivity index (χ0v) is 11.2. The maximum Gasteiger partial charge on any atom is 0.306 e. The molecule has 0 amide bonds. The summed E-state index contributed by atoms with van der Waals surface area (Å²) in [5, 5.41) is 0. The number of carbonyl (C=O) groups excluding carboxylic acids is 1. The van der Waals surface area contributed by atoms with E-state index in [0.29, 0.717) is 18.3 Å². The predicted octanol–water partition coefficient (Wildman–Crippen LogP) is 3.10. The Morgan fingerprint density at radius 1 is 1.73 bits per heavy atom. The van der Waals surface area contributed by atoms with Crippen LogP contribution in [0, 0.1) is 11.8 Å². The molecule has 0 aromatic rings. The molecule has 2 fully saturated rings. The lowest BCUT2D eigenvalue weighted by atomic mass is 9.70. The van der Waals surface area contributed by atoms with E-state index in [9.17, 15) is 4.79 Å². The second-order valence-electron chi connectivity index (χ2n) is 4.89. The van der Waals surface area contributed by atoms with E-state index in [1.165, 1.54) is 5.57 Å². The zero-order valence-electron chi connectivity index (χ0n) is 9.09. The summed E-state index contributed by atoms with van der Waals surface area (Å²) in [6.45, 7) is 6.13. The van der Waals surface area contributed by atoms with Crippen molar-refractivity contribution in [3.05, 3.63) is 12.2 Å². The summed E-state index contributed by atoms with van der Waals surface area (Å²) in [5.41, 5.74) is 1.13. The van der Waals surface area contributed by atoms with E-state index in [0.717, 1.165) is 23.7 Å². The summed E-state index contributed by atoms with van der Waals surface area (Å²) >= 11 is 2.35. The van der Waals surface area contributed by atoms with Crippen molar-refractivity contribution in [3.8, 4) is 0 Å². The first kappa shape index (κ1) is 11.4. The standard InChI is InChI=1S/C12H17IO2/c1-8(2)9-3-4-12(7-13)10(5-9)6-11(14)15-12/h9-10H,1,3-7H2,2H3/t9-,10-,12+/m0/s1. The van der Waals surface area contributed by atoms with Gasteiger partial charge in [-0.3, -0.25) is 4.79 Å². The molecule has 15 heavy (non-hydrogen) atoms. The Bertz CT molecular complexity index is 300. The van der Waals surface area contributed by atoms with Gasteiger partial charge in [-0.2, -0.15) is 0 Å². The number of esters is 1. The van der Waals surface area contributed by atoms with E-state index in [-0.39, 0.29) is 11.6 Å². The fraction of sp³-hybridized carbons (Fsp3) is 0.750. The number of hydrogen-bond acceptors (Lipinski definition) is 2. The van der Waals surface area contributed by atoms with Crippen LogP contribution in [0.4, 0.5) is 0 Å². The number of rotatable bonds is 2. The van der Waals surface area contributed by atoms with E-state index in [4.69, 9.17) is 4.74 Å². The van der Waals surface area contributed by atoms with Gasteiger partial charge in [0.2, 0.25) is 0 Å². The van der Waals surface area contributed by atoms with E-state index in [1.54, 1.807) is 0 Å². The summed E-state index contributed by atoms with van der Waals surface area (Å²) < 4.78 is 6.49. The molecule has 2 rings (SSSR count). The van der Waals surface area contributed by atoms with Crippen molar-refractivity contribution in [2.75, 3.05) is 4.43 Å². The predicted molar refractivity (Wildman–Crippen MR) is 68.0 cm³/mol. The molecule has 0 N–H and O–H groups in total. The van der Waals surface area contributed by atoms with Gasteiger partial charge < -0.3 is 4.74 Å².